The van der Waals surface area contributed by atoms with Crippen molar-refractivity contribution in [3.05, 3.63) is 90.0 Å². The molecule has 0 bridgehead atoms. The summed E-state index contributed by atoms with van der Waals surface area (Å²) < 4.78 is 17.4. The number of esters is 1. The van der Waals surface area contributed by atoms with Gasteiger partial charge in [0.25, 0.3) is 0 Å². The fourth-order valence-corrected chi connectivity index (χ4v) is 4.18. The Morgan fingerprint density at radius 1 is 0.853 bits per heavy atom. The lowest BCUT2D eigenvalue weighted by Crippen LogP contribution is -2.12. The fraction of sp³-hybridized carbons (Fsp3) is 0.192. The molecule has 0 saturated carbocycles. The number of hydrogen-bond donors (Lipinski definition) is 0. The van der Waals surface area contributed by atoms with Crippen molar-refractivity contribution in [1.82, 2.24) is 14.8 Å². The molecule has 0 radical (unpaired) electrons. The predicted octanol–water partition coefficient (Wildman–Crippen LogP) is 4.85. The molecule has 1 heterocycles. The van der Waals surface area contributed by atoms with E-state index in [0.717, 1.165) is 33.6 Å². The number of hydrogen-bond acceptors (Lipinski definition) is 7. The van der Waals surface area contributed by atoms with Crippen molar-refractivity contribution in [3.8, 4) is 22.9 Å². The summed E-state index contributed by atoms with van der Waals surface area (Å²) in [6.45, 7) is 0.515. The number of benzene rings is 3. The Morgan fingerprint density at radius 2 is 1.56 bits per heavy atom. The highest BCUT2D eigenvalue weighted by molar-refractivity contribution is 7.98. The van der Waals surface area contributed by atoms with Crippen LogP contribution in [0.2, 0.25) is 0 Å². The number of thioether (sulfide) groups is 1. The van der Waals surface area contributed by atoms with Gasteiger partial charge >= 0.3 is 5.97 Å². The van der Waals surface area contributed by atoms with Crippen LogP contribution in [0.5, 0.6) is 11.5 Å². The monoisotopic (exact) mass is 475 g/mol. The van der Waals surface area contributed by atoms with E-state index in [1.54, 1.807) is 18.9 Å². The van der Waals surface area contributed by atoms with Crippen molar-refractivity contribution >= 4 is 17.7 Å². The minimum Gasteiger partial charge on any atom is -0.497 e. The van der Waals surface area contributed by atoms with Crippen molar-refractivity contribution < 1.29 is 19.0 Å². The zero-order chi connectivity index (χ0) is 23.8. The van der Waals surface area contributed by atoms with Crippen LogP contribution < -0.4 is 9.47 Å². The third kappa shape index (κ3) is 5.96. The molecule has 0 N–H and O–H groups in total. The SMILES string of the molecule is COC(=O)COc1ccc(-c2nnc(SCc3ccc(OC)cc3)n2Cc2ccccc2)cc1. The van der Waals surface area contributed by atoms with Crippen molar-refractivity contribution in [2.24, 2.45) is 0 Å². The molecular formula is C26H25N3O4S. The van der Waals surface area contributed by atoms with E-state index in [9.17, 15) is 4.79 Å². The van der Waals surface area contributed by atoms with Crippen molar-refractivity contribution in [1.29, 1.82) is 0 Å². The predicted molar refractivity (Wildman–Crippen MR) is 131 cm³/mol. The van der Waals surface area contributed by atoms with E-state index in [-0.39, 0.29) is 6.61 Å². The molecule has 1 aromatic heterocycles. The van der Waals surface area contributed by atoms with Gasteiger partial charge in [0, 0.05) is 11.3 Å². The molecule has 0 unspecified atom stereocenters. The highest BCUT2D eigenvalue weighted by Gasteiger charge is 2.15. The number of ether oxygens (including phenoxy) is 3. The van der Waals surface area contributed by atoms with E-state index in [1.165, 1.54) is 12.7 Å². The average molecular weight is 476 g/mol. The van der Waals surface area contributed by atoms with Gasteiger partial charge in [0.05, 0.1) is 20.8 Å². The van der Waals surface area contributed by atoms with E-state index < -0.39 is 5.97 Å². The van der Waals surface area contributed by atoms with E-state index in [0.29, 0.717) is 12.3 Å². The number of carbonyl (C=O) groups is 1. The Kier molecular flexibility index (Phi) is 7.83. The Bertz CT molecular complexity index is 1210. The van der Waals surface area contributed by atoms with Gasteiger partial charge in [-0.15, -0.1) is 10.2 Å². The summed E-state index contributed by atoms with van der Waals surface area (Å²) in [7, 11) is 2.99. The fourth-order valence-electron chi connectivity index (χ4n) is 3.29. The quantitative estimate of drug-likeness (QED) is 0.240. The molecule has 7 nitrogen and oxygen atoms in total. The molecule has 8 heteroatoms. The first-order valence-corrected chi connectivity index (χ1v) is 11.7. The molecule has 0 aliphatic carbocycles. The second kappa shape index (κ2) is 11.4. The summed E-state index contributed by atoms with van der Waals surface area (Å²) in [5.41, 5.74) is 3.24. The number of methoxy groups -OCH3 is 2. The zero-order valence-electron chi connectivity index (χ0n) is 19.0. The number of aromatic nitrogens is 3. The van der Waals surface area contributed by atoms with Gasteiger partial charge in [0.1, 0.15) is 11.5 Å². The minimum absolute atomic E-state index is 0.133. The largest absolute Gasteiger partial charge is 0.497 e. The average Bonchev–Trinajstić information content (AvgIpc) is 3.29. The second-order valence-corrected chi connectivity index (χ2v) is 8.35. The van der Waals surface area contributed by atoms with Crippen LogP contribution in [0.15, 0.2) is 84.0 Å². The van der Waals surface area contributed by atoms with Gasteiger partial charge in [-0.2, -0.15) is 0 Å². The number of carbonyl (C=O) groups excluding carboxylic acids is 1. The summed E-state index contributed by atoms with van der Waals surface area (Å²) in [5, 5.41) is 9.82. The van der Waals surface area contributed by atoms with Crippen LogP contribution >= 0.6 is 11.8 Å². The van der Waals surface area contributed by atoms with Gasteiger partial charge in [-0.25, -0.2) is 4.79 Å². The van der Waals surface area contributed by atoms with Gasteiger partial charge < -0.3 is 14.2 Å². The maximum atomic E-state index is 11.3. The van der Waals surface area contributed by atoms with Crippen LogP contribution in [0.25, 0.3) is 11.4 Å². The lowest BCUT2D eigenvalue weighted by Gasteiger charge is -2.11. The molecule has 0 aliphatic heterocycles. The molecule has 34 heavy (non-hydrogen) atoms. The normalized spacial score (nSPS) is 10.6. The van der Waals surface area contributed by atoms with Crippen LogP contribution in [-0.2, 0) is 21.8 Å². The first-order chi connectivity index (χ1) is 16.7. The van der Waals surface area contributed by atoms with E-state index >= 15 is 0 Å². The van der Waals surface area contributed by atoms with Gasteiger partial charge in [-0.05, 0) is 47.5 Å². The summed E-state index contributed by atoms with van der Waals surface area (Å²) in [4.78, 5) is 11.3. The summed E-state index contributed by atoms with van der Waals surface area (Å²) in [5.74, 6) is 2.52. The first kappa shape index (κ1) is 23.4. The molecule has 4 aromatic rings. The van der Waals surface area contributed by atoms with Crippen molar-refractivity contribution in [2.45, 2.75) is 17.5 Å². The van der Waals surface area contributed by atoms with Gasteiger partial charge in [0.15, 0.2) is 17.6 Å². The standard InChI is InChI=1S/C26H25N3O4S/c1-31-22-12-8-20(9-13-22)18-34-26-28-27-25(29(26)16-19-6-4-3-5-7-19)21-10-14-23(15-11-21)33-17-24(30)32-2/h3-15H,16-18H2,1-2H3. The van der Waals surface area contributed by atoms with Crippen LogP contribution in [0.3, 0.4) is 0 Å². The second-order valence-electron chi connectivity index (χ2n) is 7.40. The summed E-state index contributed by atoms with van der Waals surface area (Å²) in [6, 6.07) is 25.7. The molecule has 4 rings (SSSR count). The third-order valence-corrected chi connectivity index (χ3v) is 6.16. The van der Waals surface area contributed by atoms with Crippen LogP contribution in [0.1, 0.15) is 11.1 Å². The van der Waals surface area contributed by atoms with Gasteiger partial charge in [0.2, 0.25) is 0 Å². The Labute approximate surface area is 202 Å². The Morgan fingerprint density at radius 3 is 2.24 bits per heavy atom. The molecule has 0 atom stereocenters. The van der Waals surface area contributed by atoms with E-state index in [4.69, 9.17) is 9.47 Å². The maximum absolute atomic E-state index is 11.3. The van der Waals surface area contributed by atoms with E-state index in [2.05, 4.69) is 43.8 Å². The molecule has 0 aliphatic rings. The molecular weight excluding hydrogens is 450 g/mol. The Balaban J connectivity index is 1.56. The van der Waals surface area contributed by atoms with Crippen LogP contribution in [0.4, 0.5) is 0 Å². The molecule has 3 aromatic carbocycles. The minimum atomic E-state index is -0.426. The molecule has 174 valence electrons. The zero-order valence-corrected chi connectivity index (χ0v) is 19.8. The van der Waals surface area contributed by atoms with Crippen molar-refractivity contribution in [3.63, 3.8) is 0 Å². The molecule has 0 fully saturated rings. The topological polar surface area (TPSA) is 75.5 Å². The third-order valence-electron chi connectivity index (χ3n) is 5.12. The molecule has 0 amide bonds. The Hall–Kier alpha value is -3.78. The van der Waals surface area contributed by atoms with E-state index in [1.807, 2.05) is 54.6 Å². The van der Waals surface area contributed by atoms with Gasteiger partial charge in [-0.1, -0.05) is 54.2 Å². The highest BCUT2D eigenvalue weighted by Crippen LogP contribution is 2.29. The lowest BCUT2D eigenvalue weighted by molar-refractivity contribution is -0.142. The van der Waals surface area contributed by atoms with Crippen LogP contribution in [0, 0.1) is 0 Å². The first-order valence-electron chi connectivity index (χ1n) is 10.7. The highest BCUT2D eigenvalue weighted by atomic mass is 32.2. The lowest BCUT2D eigenvalue weighted by atomic mass is 10.2. The maximum Gasteiger partial charge on any atom is 0.343 e. The smallest absolute Gasteiger partial charge is 0.343 e. The molecule has 0 saturated heterocycles. The van der Waals surface area contributed by atoms with Crippen molar-refractivity contribution in [2.75, 3.05) is 20.8 Å². The number of rotatable bonds is 10. The number of nitrogens with zero attached hydrogens (tertiary/aromatic N) is 3. The molecule has 0 spiro atoms. The van der Waals surface area contributed by atoms with Crippen LogP contribution in [-0.4, -0.2) is 41.6 Å². The van der Waals surface area contributed by atoms with Gasteiger partial charge in [-0.3, -0.25) is 4.57 Å². The summed E-state index contributed by atoms with van der Waals surface area (Å²) >= 11 is 1.64. The summed E-state index contributed by atoms with van der Waals surface area (Å²) in [6.07, 6.45) is 0.